The van der Waals surface area contributed by atoms with Crippen molar-refractivity contribution in [3.8, 4) is 11.5 Å². The van der Waals surface area contributed by atoms with E-state index in [9.17, 15) is 4.79 Å². The molecule has 4 rings (SSSR count). The number of nitrogens with zero attached hydrogens (tertiary/aromatic N) is 1. The summed E-state index contributed by atoms with van der Waals surface area (Å²) >= 11 is 0. The second kappa shape index (κ2) is 5.28. The highest BCUT2D eigenvalue weighted by Gasteiger charge is 2.25. The number of cyclic esters (lactones) is 1. The normalized spacial score (nSPS) is 17.3. The van der Waals surface area contributed by atoms with E-state index in [0.29, 0.717) is 17.4 Å². The third kappa shape index (κ3) is 2.46. The monoisotopic (exact) mass is 307 g/mol. The summed E-state index contributed by atoms with van der Waals surface area (Å²) in [7, 11) is 0. The Morgan fingerprint density at radius 2 is 1.91 bits per heavy atom. The van der Waals surface area contributed by atoms with Crippen LogP contribution in [0.3, 0.4) is 0 Å². The number of carbonyl (C=O) groups is 1. The molecular formula is C18H13NO4. The molecule has 2 aliphatic rings. The van der Waals surface area contributed by atoms with Gasteiger partial charge in [0.25, 0.3) is 0 Å². The summed E-state index contributed by atoms with van der Waals surface area (Å²) < 4.78 is 15.9. The quantitative estimate of drug-likeness (QED) is 0.632. The van der Waals surface area contributed by atoms with Crippen LogP contribution in [0.1, 0.15) is 16.7 Å². The fourth-order valence-corrected chi connectivity index (χ4v) is 2.50. The molecule has 0 aromatic heterocycles. The first kappa shape index (κ1) is 13.6. The van der Waals surface area contributed by atoms with Gasteiger partial charge in [0.1, 0.15) is 0 Å². The minimum absolute atomic E-state index is 0.215. The zero-order valence-electron chi connectivity index (χ0n) is 12.4. The lowest BCUT2D eigenvalue weighted by atomic mass is 10.1. The van der Waals surface area contributed by atoms with Crippen LogP contribution < -0.4 is 9.47 Å². The maximum absolute atomic E-state index is 12.0. The third-order valence-corrected chi connectivity index (χ3v) is 3.70. The summed E-state index contributed by atoms with van der Waals surface area (Å²) in [6, 6.07) is 13.1. The van der Waals surface area contributed by atoms with Gasteiger partial charge >= 0.3 is 5.97 Å². The number of aliphatic imine (C=N–C) groups is 1. The summed E-state index contributed by atoms with van der Waals surface area (Å²) in [6.07, 6.45) is 1.68. The van der Waals surface area contributed by atoms with Crippen LogP contribution in [0, 0.1) is 6.92 Å². The maximum Gasteiger partial charge on any atom is 0.363 e. The molecule has 0 radical (unpaired) electrons. The van der Waals surface area contributed by atoms with E-state index in [1.165, 1.54) is 0 Å². The van der Waals surface area contributed by atoms with Gasteiger partial charge in [-0.1, -0.05) is 24.3 Å². The minimum atomic E-state index is -0.457. The summed E-state index contributed by atoms with van der Waals surface area (Å²) in [5.74, 6) is 1.24. The van der Waals surface area contributed by atoms with Gasteiger partial charge in [-0.15, -0.1) is 0 Å². The number of ether oxygens (including phenoxy) is 3. The molecule has 2 aromatic rings. The molecule has 5 heteroatoms. The van der Waals surface area contributed by atoms with Gasteiger partial charge in [-0.05, 0) is 42.3 Å². The van der Waals surface area contributed by atoms with Gasteiger partial charge < -0.3 is 14.2 Å². The van der Waals surface area contributed by atoms with Crippen LogP contribution >= 0.6 is 0 Å². The molecule has 0 amide bonds. The van der Waals surface area contributed by atoms with E-state index in [1.807, 2.05) is 43.3 Å². The van der Waals surface area contributed by atoms with Crippen LogP contribution in [-0.4, -0.2) is 18.7 Å². The Balaban J connectivity index is 1.69. The first-order chi connectivity index (χ1) is 11.2. The number of carbonyl (C=O) groups excluding carboxylic acids is 1. The van der Waals surface area contributed by atoms with Crippen molar-refractivity contribution < 1.29 is 19.0 Å². The Morgan fingerprint density at radius 3 is 2.78 bits per heavy atom. The van der Waals surface area contributed by atoms with Crippen LogP contribution in [-0.2, 0) is 9.53 Å². The standard InChI is InChI=1S/C18H13NO4/c1-11-4-2-3-5-13(11)17-19-14(18(20)23-17)8-12-6-7-15-16(9-12)22-10-21-15/h2-9H,10H2,1H3/b14-8-. The Morgan fingerprint density at radius 1 is 1.09 bits per heavy atom. The molecule has 0 spiro atoms. The fraction of sp³-hybridized carbons (Fsp3) is 0.111. The molecule has 23 heavy (non-hydrogen) atoms. The Labute approximate surface area is 132 Å². The second-order valence-corrected chi connectivity index (χ2v) is 5.26. The SMILES string of the molecule is Cc1ccccc1C1=N/C(=C\c2ccc3c(c2)OCO3)C(=O)O1. The zero-order chi connectivity index (χ0) is 15.8. The summed E-state index contributed by atoms with van der Waals surface area (Å²) in [5, 5.41) is 0. The number of benzene rings is 2. The molecule has 0 unspecified atom stereocenters. The summed E-state index contributed by atoms with van der Waals surface area (Å²) in [5.41, 5.74) is 2.89. The van der Waals surface area contributed by atoms with Crippen LogP contribution in [0.2, 0.25) is 0 Å². The molecule has 0 saturated heterocycles. The Bertz CT molecular complexity index is 867. The van der Waals surface area contributed by atoms with E-state index in [4.69, 9.17) is 14.2 Å². The topological polar surface area (TPSA) is 57.1 Å². The number of fused-ring (bicyclic) bond motifs is 1. The smallest absolute Gasteiger partial charge is 0.363 e. The molecule has 0 fully saturated rings. The van der Waals surface area contributed by atoms with E-state index >= 15 is 0 Å². The molecule has 2 heterocycles. The predicted molar refractivity (Wildman–Crippen MR) is 84.4 cm³/mol. The molecular weight excluding hydrogens is 294 g/mol. The average molecular weight is 307 g/mol. The molecule has 0 N–H and O–H groups in total. The van der Waals surface area contributed by atoms with Crippen molar-refractivity contribution >= 4 is 17.9 Å². The van der Waals surface area contributed by atoms with Gasteiger partial charge in [0.05, 0.1) is 0 Å². The highest BCUT2D eigenvalue weighted by molar-refractivity contribution is 6.13. The number of hydrogen-bond donors (Lipinski definition) is 0. The Kier molecular flexibility index (Phi) is 3.12. The second-order valence-electron chi connectivity index (χ2n) is 5.26. The number of rotatable bonds is 2. The first-order valence-corrected chi connectivity index (χ1v) is 7.19. The van der Waals surface area contributed by atoms with Gasteiger partial charge in [0, 0.05) is 5.56 Å². The van der Waals surface area contributed by atoms with Crippen LogP contribution in [0.4, 0.5) is 0 Å². The third-order valence-electron chi connectivity index (χ3n) is 3.70. The first-order valence-electron chi connectivity index (χ1n) is 7.19. The lowest BCUT2D eigenvalue weighted by Gasteiger charge is -2.02. The van der Waals surface area contributed by atoms with Crippen molar-refractivity contribution in [2.75, 3.05) is 6.79 Å². The molecule has 2 aliphatic heterocycles. The Hall–Kier alpha value is -3.08. The highest BCUT2D eigenvalue weighted by atomic mass is 16.7. The van der Waals surface area contributed by atoms with Crippen molar-refractivity contribution in [1.29, 1.82) is 0 Å². The summed E-state index contributed by atoms with van der Waals surface area (Å²) in [4.78, 5) is 16.4. The van der Waals surface area contributed by atoms with E-state index in [2.05, 4.69) is 4.99 Å². The van der Waals surface area contributed by atoms with E-state index < -0.39 is 5.97 Å². The highest BCUT2D eigenvalue weighted by Crippen LogP contribution is 2.33. The van der Waals surface area contributed by atoms with Crippen LogP contribution in [0.25, 0.3) is 6.08 Å². The lowest BCUT2D eigenvalue weighted by Crippen LogP contribution is -2.06. The van der Waals surface area contributed by atoms with Crippen molar-refractivity contribution in [3.05, 3.63) is 64.9 Å². The van der Waals surface area contributed by atoms with E-state index in [1.54, 1.807) is 12.1 Å². The lowest BCUT2D eigenvalue weighted by molar-refractivity contribution is -0.129. The predicted octanol–water partition coefficient (Wildman–Crippen LogP) is 3.07. The fourth-order valence-electron chi connectivity index (χ4n) is 2.50. The van der Waals surface area contributed by atoms with Crippen molar-refractivity contribution in [3.63, 3.8) is 0 Å². The van der Waals surface area contributed by atoms with Crippen molar-refractivity contribution in [1.82, 2.24) is 0 Å². The molecule has 5 nitrogen and oxygen atoms in total. The van der Waals surface area contributed by atoms with Gasteiger partial charge in [0.15, 0.2) is 17.2 Å². The van der Waals surface area contributed by atoms with Gasteiger partial charge in [-0.2, -0.15) is 0 Å². The number of hydrogen-bond acceptors (Lipinski definition) is 5. The molecule has 0 bridgehead atoms. The maximum atomic E-state index is 12.0. The van der Waals surface area contributed by atoms with Crippen LogP contribution in [0.15, 0.2) is 53.2 Å². The summed E-state index contributed by atoms with van der Waals surface area (Å²) in [6.45, 7) is 2.16. The van der Waals surface area contributed by atoms with Gasteiger partial charge in [-0.25, -0.2) is 9.79 Å². The molecule has 114 valence electrons. The molecule has 0 aliphatic carbocycles. The average Bonchev–Trinajstić information content (AvgIpc) is 3.14. The van der Waals surface area contributed by atoms with Crippen molar-refractivity contribution in [2.45, 2.75) is 6.92 Å². The molecule has 2 aromatic carbocycles. The van der Waals surface area contributed by atoms with Gasteiger partial charge in [0.2, 0.25) is 12.7 Å². The zero-order valence-corrected chi connectivity index (χ0v) is 12.4. The van der Waals surface area contributed by atoms with Crippen molar-refractivity contribution in [2.24, 2.45) is 4.99 Å². The molecule has 0 atom stereocenters. The van der Waals surface area contributed by atoms with Crippen LogP contribution in [0.5, 0.6) is 11.5 Å². The molecule has 0 saturated carbocycles. The van der Waals surface area contributed by atoms with E-state index in [0.717, 1.165) is 16.7 Å². The van der Waals surface area contributed by atoms with E-state index in [-0.39, 0.29) is 12.5 Å². The largest absolute Gasteiger partial charge is 0.454 e. The number of aryl methyl sites for hydroxylation is 1. The number of esters is 1. The van der Waals surface area contributed by atoms with Gasteiger partial charge in [-0.3, -0.25) is 0 Å². The minimum Gasteiger partial charge on any atom is -0.454 e.